The number of carbonyl (C=O) groups is 1. The molecular formula is C8H14ClNO2. The number of nitrogens with one attached hydrogen (secondary N) is 1. The Labute approximate surface area is 78.3 Å². The van der Waals surface area contributed by atoms with Crippen LogP contribution < -0.4 is 5.32 Å². The van der Waals surface area contributed by atoms with Crippen LogP contribution in [0.2, 0.25) is 0 Å². The average Bonchev–Trinajstić information content (AvgIpc) is 2.51. The third-order valence-electron chi connectivity index (χ3n) is 3.27. The van der Waals surface area contributed by atoms with Gasteiger partial charge in [-0.15, -0.1) is 12.4 Å². The number of halogens is 1. The first kappa shape index (κ1) is 9.81. The number of ether oxygens (including phenoxy) is 1. The molecule has 0 aromatic rings. The molecule has 3 nitrogen and oxygen atoms in total. The Bertz CT molecular complexity index is 197. The van der Waals surface area contributed by atoms with Gasteiger partial charge in [0.15, 0.2) is 0 Å². The number of hydrogen-bond acceptors (Lipinski definition) is 3. The summed E-state index contributed by atoms with van der Waals surface area (Å²) in [6.07, 6.45) is 0. The maximum Gasteiger partial charge on any atom is 0.312 e. The summed E-state index contributed by atoms with van der Waals surface area (Å²) in [5.41, 5.74) is -0.153. The number of rotatable bonds is 1. The van der Waals surface area contributed by atoms with Crippen LogP contribution in [-0.4, -0.2) is 26.2 Å². The summed E-state index contributed by atoms with van der Waals surface area (Å²) >= 11 is 0. The summed E-state index contributed by atoms with van der Waals surface area (Å²) in [6.45, 7) is 3.97. The zero-order valence-corrected chi connectivity index (χ0v) is 8.11. The van der Waals surface area contributed by atoms with Gasteiger partial charge in [-0.25, -0.2) is 0 Å². The molecule has 0 aromatic heterocycles. The third kappa shape index (κ3) is 0.962. The predicted octanol–water partition coefficient (Wildman–Crippen LogP) is 0.437. The molecule has 0 bridgehead atoms. The van der Waals surface area contributed by atoms with E-state index in [1.54, 1.807) is 0 Å². The van der Waals surface area contributed by atoms with E-state index in [-0.39, 0.29) is 23.8 Å². The van der Waals surface area contributed by atoms with Crippen molar-refractivity contribution in [3.05, 3.63) is 0 Å². The second kappa shape index (κ2) is 2.89. The molecule has 1 N–H and O–H groups in total. The molecule has 1 aliphatic heterocycles. The molecule has 0 spiro atoms. The van der Waals surface area contributed by atoms with Gasteiger partial charge in [-0.2, -0.15) is 0 Å². The van der Waals surface area contributed by atoms with Gasteiger partial charge in [0.2, 0.25) is 0 Å². The van der Waals surface area contributed by atoms with Gasteiger partial charge >= 0.3 is 5.97 Å². The van der Waals surface area contributed by atoms with Crippen molar-refractivity contribution in [1.29, 1.82) is 0 Å². The van der Waals surface area contributed by atoms with Crippen LogP contribution in [-0.2, 0) is 9.53 Å². The predicted molar refractivity (Wildman–Crippen MR) is 47.2 cm³/mol. The van der Waals surface area contributed by atoms with Crippen LogP contribution in [0, 0.1) is 17.3 Å². The molecule has 12 heavy (non-hydrogen) atoms. The molecular weight excluding hydrogens is 178 g/mol. The number of esters is 1. The van der Waals surface area contributed by atoms with E-state index in [2.05, 4.69) is 5.32 Å². The number of methoxy groups -OCH3 is 1. The van der Waals surface area contributed by atoms with Gasteiger partial charge in [0.1, 0.15) is 0 Å². The molecule has 1 saturated carbocycles. The Balaban J connectivity index is 0.000000720. The standard InChI is InChI=1S/C8H13NO2.ClH/c1-8(7(10)11-2)5-3-9-4-6(5)8;/h5-6,9H,3-4H2,1-2H3;1H/t5-,6+,8?;. The first-order valence-electron chi connectivity index (χ1n) is 4.00. The summed E-state index contributed by atoms with van der Waals surface area (Å²) in [7, 11) is 1.47. The van der Waals surface area contributed by atoms with E-state index < -0.39 is 0 Å². The Morgan fingerprint density at radius 2 is 2.00 bits per heavy atom. The average molecular weight is 192 g/mol. The minimum Gasteiger partial charge on any atom is -0.469 e. The second-order valence-corrected chi connectivity index (χ2v) is 3.65. The van der Waals surface area contributed by atoms with Crippen molar-refractivity contribution in [1.82, 2.24) is 5.32 Å². The zero-order chi connectivity index (χ0) is 8.06. The van der Waals surface area contributed by atoms with Crippen LogP contribution in [0.25, 0.3) is 0 Å². The van der Waals surface area contributed by atoms with Crippen LogP contribution >= 0.6 is 12.4 Å². The highest BCUT2D eigenvalue weighted by Crippen LogP contribution is 2.60. The highest BCUT2D eigenvalue weighted by molar-refractivity contribution is 5.85. The fourth-order valence-corrected chi connectivity index (χ4v) is 2.32. The van der Waals surface area contributed by atoms with E-state index in [0.29, 0.717) is 11.8 Å². The topological polar surface area (TPSA) is 38.3 Å². The van der Waals surface area contributed by atoms with Crippen molar-refractivity contribution in [2.75, 3.05) is 20.2 Å². The molecule has 2 rings (SSSR count). The monoisotopic (exact) mass is 191 g/mol. The summed E-state index contributed by atoms with van der Waals surface area (Å²) in [5.74, 6) is 1.04. The highest BCUT2D eigenvalue weighted by atomic mass is 35.5. The van der Waals surface area contributed by atoms with Crippen LogP contribution in [0.1, 0.15) is 6.92 Å². The Morgan fingerprint density at radius 3 is 2.42 bits per heavy atom. The molecule has 1 unspecified atom stereocenters. The Hall–Kier alpha value is -0.280. The summed E-state index contributed by atoms with van der Waals surface area (Å²) in [4.78, 5) is 11.3. The third-order valence-corrected chi connectivity index (χ3v) is 3.27. The van der Waals surface area contributed by atoms with Crippen LogP contribution in [0.5, 0.6) is 0 Å². The van der Waals surface area contributed by atoms with Gasteiger partial charge in [-0.1, -0.05) is 0 Å². The first-order chi connectivity index (χ1) is 5.21. The van der Waals surface area contributed by atoms with Gasteiger partial charge in [0.05, 0.1) is 12.5 Å². The van der Waals surface area contributed by atoms with Crippen molar-refractivity contribution in [2.24, 2.45) is 17.3 Å². The lowest BCUT2D eigenvalue weighted by Gasteiger charge is -2.11. The molecule has 3 atom stereocenters. The number of carbonyl (C=O) groups excluding carboxylic acids is 1. The van der Waals surface area contributed by atoms with Crippen molar-refractivity contribution < 1.29 is 9.53 Å². The highest BCUT2D eigenvalue weighted by Gasteiger charge is 2.68. The maximum atomic E-state index is 11.3. The molecule has 1 saturated heterocycles. The normalized spacial score (nSPS) is 42.8. The molecule has 2 fully saturated rings. The van der Waals surface area contributed by atoms with Crippen molar-refractivity contribution in [3.8, 4) is 0 Å². The van der Waals surface area contributed by atoms with Gasteiger partial charge in [0.25, 0.3) is 0 Å². The van der Waals surface area contributed by atoms with Crippen molar-refractivity contribution >= 4 is 18.4 Å². The van der Waals surface area contributed by atoms with Crippen molar-refractivity contribution in [3.63, 3.8) is 0 Å². The molecule has 1 heterocycles. The molecule has 2 aliphatic rings. The molecule has 0 aromatic carbocycles. The number of fused-ring (bicyclic) bond motifs is 1. The van der Waals surface area contributed by atoms with Gasteiger partial charge in [-0.05, 0) is 31.8 Å². The van der Waals surface area contributed by atoms with E-state index in [0.717, 1.165) is 13.1 Å². The number of piperidine rings is 1. The SMILES string of the molecule is COC(=O)C1(C)[C@@H]2CNC[C@@H]21.Cl. The van der Waals surface area contributed by atoms with Crippen LogP contribution in [0.3, 0.4) is 0 Å². The fourth-order valence-electron chi connectivity index (χ4n) is 2.32. The Morgan fingerprint density at radius 1 is 1.50 bits per heavy atom. The molecule has 0 amide bonds. The molecule has 1 aliphatic carbocycles. The number of hydrogen-bond donors (Lipinski definition) is 1. The lowest BCUT2D eigenvalue weighted by molar-refractivity contribution is -0.147. The van der Waals surface area contributed by atoms with Gasteiger partial charge < -0.3 is 10.1 Å². The fraction of sp³-hybridized carbons (Fsp3) is 0.875. The Kier molecular flexibility index (Phi) is 2.36. The van der Waals surface area contributed by atoms with E-state index in [4.69, 9.17) is 4.74 Å². The van der Waals surface area contributed by atoms with Gasteiger partial charge in [0, 0.05) is 0 Å². The molecule has 4 heteroatoms. The van der Waals surface area contributed by atoms with E-state index in [1.165, 1.54) is 7.11 Å². The van der Waals surface area contributed by atoms with Gasteiger partial charge in [-0.3, -0.25) is 4.79 Å². The first-order valence-corrected chi connectivity index (χ1v) is 4.00. The van der Waals surface area contributed by atoms with Crippen LogP contribution in [0.4, 0.5) is 0 Å². The quantitative estimate of drug-likeness (QED) is 0.612. The summed E-state index contributed by atoms with van der Waals surface area (Å²) in [6, 6.07) is 0. The second-order valence-electron chi connectivity index (χ2n) is 3.65. The zero-order valence-electron chi connectivity index (χ0n) is 7.29. The van der Waals surface area contributed by atoms with Crippen LogP contribution in [0.15, 0.2) is 0 Å². The van der Waals surface area contributed by atoms with E-state index >= 15 is 0 Å². The smallest absolute Gasteiger partial charge is 0.312 e. The molecule has 70 valence electrons. The molecule has 0 radical (unpaired) electrons. The minimum atomic E-state index is -0.153. The minimum absolute atomic E-state index is 0. The lowest BCUT2D eigenvalue weighted by Crippen LogP contribution is -2.27. The summed E-state index contributed by atoms with van der Waals surface area (Å²) < 4.78 is 4.75. The van der Waals surface area contributed by atoms with E-state index in [1.807, 2.05) is 6.92 Å². The van der Waals surface area contributed by atoms with E-state index in [9.17, 15) is 4.79 Å². The van der Waals surface area contributed by atoms with Crippen molar-refractivity contribution in [2.45, 2.75) is 6.92 Å². The largest absolute Gasteiger partial charge is 0.469 e. The lowest BCUT2D eigenvalue weighted by atomic mass is 10.0. The summed E-state index contributed by atoms with van der Waals surface area (Å²) in [5, 5.41) is 3.25. The maximum absolute atomic E-state index is 11.3.